The van der Waals surface area contributed by atoms with Crippen LogP contribution in [0.1, 0.15) is 48.5 Å². The Hall–Kier alpha value is -1.57. The lowest BCUT2D eigenvalue weighted by Gasteiger charge is -2.29. The topological polar surface area (TPSA) is 81.1 Å². The first kappa shape index (κ1) is 14.4. The maximum absolute atomic E-state index is 12.4. The molecule has 8 heteroatoms. The highest BCUT2D eigenvalue weighted by molar-refractivity contribution is 5.92. The summed E-state index contributed by atoms with van der Waals surface area (Å²) in [4.78, 5) is 15.0. The van der Waals surface area contributed by atoms with Gasteiger partial charge in [0, 0.05) is 12.1 Å². The maximum atomic E-state index is 12.4. The summed E-state index contributed by atoms with van der Waals surface area (Å²) in [5, 5.41) is 2.71. The molecule has 2 aliphatic rings. The van der Waals surface area contributed by atoms with Crippen LogP contribution in [0.3, 0.4) is 0 Å². The second-order valence-electron chi connectivity index (χ2n) is 5.96. The normalized spacial score (nSPS) is 32.2. The molecule has 1 aromatic rings. The average molecular weight is 303 g/mol. The Kier molecular flexibility index (Phi) is 3.23. The van der Waals surface area contributed by atoms with E-state index in [1.54, 1.807) is 0 Å². The van der Waals surface area contributed by atoms with E-state index in [2.05, 4.69) is 14.7 Å². The Morgan fingerprint density at radius 1 is 1.43 bits per heavy atom. The van der Waals surface area contributed by atoms with E-state index in [0.29, 0.717) is 0 Å². The summed E-state index contributed by atoms with van der Waals surface area (Å²) >= 11 is 0. The molecule has 2 saturated carbocycles. The van der Waals surface area contributed by atoms with Crippen molar-refractivity contribution in [2.75, 3.05) is 0 Å². The van der Waals surface area contributed by atoms with Gasteiger partial charge in [-0.1, -0.05) is 0 Å². The first-order valence-corrected chi connectivity index (χ1v) is 6.89. The molecule has 0 bridgehead atoms. The molecule has 5 nitrogen and oxygen atoms in total. The van der Waals surface area contributed by atoms with Crippen LogP contribution in [-0.2, 0) is 6.18 Å². The number of nitrogens with zero attached hydrogens (tertiary/aromatic N) is 1. The minimum atomic E-state index is -4.68. The molecule has 0 radical (unpaired) electrons. The zero-order chi connectivity index (χ0) is 15.3. The number of alkyl halides is 3. The van der Waals surface area contributed by atoms with Crippen LogP contribution in [0.2, 0.25) is 0 Å². The Morgan fingerprint density at radius 3 is 2.52 bits per heavy atom. The SMILES string of the molecule is NC1CC12CCC(NC(=O)c1coc(C(F)(F)F)n1)CC2. The van der Waals surface area contributed by atoms with E-state index < -0.39 is 18.0 Å². The van der Waals surface area contributed by atoms with Gasteiger partial charge in [0.1, 0.15) is 6.26 Å². The number of carbonyl (C=O) groups excluding carboxylic acids is 1. The van der Waals surface area contributed by atoms with E-state index in [9.17, 15) is 18.0 Å². The largest absolute Gasteiger partial charge is 0.468 e. The van der Waals surface area contributed by atoms with Crippen LogP contribution >= 0.6 is 0 Å². The van der Waals surface area contributed by atoms with Crippen molar-refractivity contribution < 1.29 is 22.4 Å². The highest BCUT2D eigenvalue weighted by Crippen LogP contribution is 2.54. The van der Waals surface area contributed by atoms with Crippen LogP contribution in [0.4, 0.5) is 13.2 Å². The predicted octanol–water partition coefficient (Wildman–Crippen LogP) is 2.08. The van der Waals surface area contributed by atoms with Gasteiger partial charge in [-0.05, 0) is 37.5 Å². The second-order valence-corrected chi connectivity index (χ2v) is 5.96. The van der Waals surface area contributed by atoms with E-state index in [0.717, 1.165) is 38.4 Å². The van der Waals surface area contributed by atoms with E-state index >= 15 is 0 Å². The van der Waals surface area contributed by atoms with Gasteiger partial charge in [0.2, 0.25) is 0 Å². The van der Waals surface area contributed by atoms with Crippen LogP contribution in [0.15, 0.2) is 10.7 Å². The molecule has 3 N–H and O–H groups in total. The zero-order valence-corrected chi connectivity index (χ0v) is 11.2. The van der Waals surface area contributed by atoms with Gasteiger partial charge in [-0.15, -0.1) is 0 Å². The number of hydrogen-bond donors (Lipinski definition) is 2. The van der Waals surface area contributed by atoms with Crippen LogP contribution < -0.4 is 11.1 Å². The standard InChI is InChI=1S/C13H16F3N3O2/c14-13(15,16)11-19-8(6-21-11)10(20)18-7-1-3-12(4-2-7)5-9(12)17/h6-7,9H,1-5,17H2,(H,18,20). The summed E-state index contributed by atoms with van der Waals surface area (Å²) in [6.45, 7) is 0. The molecule has 0 aliphatic heterocycles. The second kappa shape index (κ2) is 4.72. The molecule has 0 saturated heterocycles. The number of hydrogen-bond acceptors (Lipinski definition) is 4. The van der Waals surface area contributed by atoms with Crippen molar-refractivity contribution in [3.05, 3.63) is 17.8 Å². The van der Waals surface area contributed by atoms with Crippen molar-refractivity contribution in [2.24, 2.45) is 11.1 Å². The van der Waals surface area contributed by atoms with Crippen molar-refractivity contribution in [3.63, 3.8) is 0 Å². The Bertz CT molecular complexity index is 547. The summed E-state index contributed by atoms with van der Waals surface area (Å²) in [6, 6.07) is 0.223. The highest BCUT2D eigenvalue weighted by atomic mass is 19.4. The number of nitrogens with one attached hydrogen (secondary N) is 1. The fourth-order valence-electron chi connectivity index (χ4n) is 3.06. The van der Waals surface area contributed by atoms with Crippen molar-refractivity contribution >= 4 is 5.91 Å². The zero-order valence-electron chi connectivity index (χ0n) is 11.2. The Morgan fingerprint density at radius 2 is 2.05 bits per heavy atom. The lowest BCUT2D eigenvalue weighted by Crippen LogP contribution is -2.39. The molecule has 1 aromatic heterocycles. The summed E-state index contributed by atoms with van der Waals surface area (Å²) in [6.07, 6.45) is 0.577. The molecule has 2 aliphatic carbocycles. The maximum Gasteiger partial charge on any atom is 0.468 e. The van der Waals surface area contributed by atoms with Gasteiger partial charge in [-0.2, -0.15) is 13.2 Å². The number of halogens is 3. The molecule has 1 amide bonds. The minimum Gasteiger partial charge on any atom is -0.441 e. The van der Waals surface area contributed by atoms with Gasteiger partial charge in [0.15, 0.2) is 5.69 Å². The van der Waals surface area contributed by atoms with Crippen LogP contribution in [-0.4, -0.2) is 23.0 Å². The van der Waals surface area contributed by atoms with E-state index in [1.165, 1.54) is 0 Å². The number of oxazole rings is 1. The molecule has 1 heterocycles. The Labute approximate surface area is 119 Å². The molecule has 116 valence electrons. The van der Waals surface area contributed by atoms with Crippen molar-refractivity contribution in [1.82, 2.24) is 10.3 Å². The Balaban J connectivity index is 1.56. The molecule has 2 fully saturated rings. The summed E-state index contributed by atoms with van der Waals surface area (Å²) in [7, 11) is 0. The van der Waals surface area contributed by atoms with Crippen molar-refractivity contribution in [2.45, 2.75) is 50.4 Å². The quantitative estimate of drug-likeness (QED) is 0.876. The third-order valence-corrected chi connectivity index (χ3v) is 4.55. The first-order valence-electron chi connectivity index (χ1n) is 6.89. The monoisotopic (exact) mass is 303 g/mol. The van der Waals surface area contributed by atoms with Gasteiger partial charge >= 0.3 is 12.1 Å². The number of aromatic nitrogens is 1. The third kappa shape index (κ3) is 2.76. The highest BCUT2D eigenvalue weighted by Gasteiger charge is 2.52. The first-order chi connectivity index (χ1) is 9.80. The molecular formula is C13H16F3N3O2. The molecule has 1 atom stereocenters. The van der Waals surface area contributed by atoms with E-state index in [-0.39, 0.29) is 23.2 Å². The fourth-order valence-corrected chi connectivity index (χ4v) is 3.06. The molecular weight excluding hydrogens is 287 g/mol. The van der Waals surface area contributed by atoms with E-state index in [1.807, 2.05) is 0 Å². The number of nitrogens with two attached hydrogens (primary N) is 1. The summed E-state index contributed by atoms with van der Waals surface area (Å²) in [5.41, 5.74) is 5.80. The predicted molar refractivity (Wildman–Crippen MR) is 66.3 cm³/mol. The lowest BCUT2D eigenvalue weighted by molar-refractivity contribution is -0.157. The fraction of sp³-hybridized carbons (Fsp3) is 0.692. The third-order valence-electron chi connectivity index (χ3n) is 4.55. The van der Waals surface area contributed by atoms with Gasteiger partial charge in [0.25, 0.3) is 5.91 Å². The van der Waals surface area contributed by atoms with Gasteiger partial charge in [-0.3, -0.25) is 4.79 Å². The van der Waals surface area contributed by atoms with Crippen LogP contribution in [0, 0.1) is 5.41 Å². The van der Waals surface area contributed by atoms with E-state index in [4.69, 9.17) is 5.73 Å². The summed E-state index contributed by atoms with van der Waals surface area (Å²) < 4.78 is 41.3. The van der Waals surface area contributed by atoms with Gasteiger partial charge < -0.3 is 15.5 Å². The average Bonchev–Trinajstić information content (AvgIpc) is 2.85. The molecule has 0 aromatic carbocycles. The van der Waals surface area contributed by atoms with Crippen LogP contribution in [0.25, 0.3) is 0 Å². The molecule has 1 unspecified atom stereocenters. The number of amides is 1. The van der Waals surface area contributed by atoms with Crippen molar-refractivity contribution in [3.8, 4) is 0 Å². The number of rotatable bonds is 2. The molecule has 3 rings (SSSR count). The number of carbonyl (C=O) groups is 1. The van der Waals surface area contributed by atoms with Gasteiger partial charge in [0.05, 0.1) is 0 Å². The minimum absolute atomic E-state index is 0.0399. The lowest BCUT2D eigenvalue weighted by atomic mass is 9.83. The van der Waals surface area contributed by atoms with Crippen LogP contribution in [0.5, 0.6) is 0 Å². The molecule has 1 spiro atoms. The van der Waals surface area contributed by atoms with Gasteiger partial charge in [-0.25, -0.2) is 4.98 Å². The van der Waals surface area contributed by atoms with Crippen molar-refractivity contribution in [1.29, 1.82) is 0 Å². The smallest absolute Gasteiger partial charge is 0.441 e. The molecule has 21 heavy (non-hydrogen) atoms. The summed E-state index contributed by atoms with van der Waals surface area (Å²) in [5.74, 6) is -2.03.